The van der Waals surface area contributed by atoms with Gasteiger partial charge in [-0.05, 0) is 36.8 Å². The lowest BCUT2D eigenvalue weighted by molar-refractivity contribution is 0.0772. The summed E-state index contributed by atoms with van der Waals surface area (Å²) in [6.45, 7) is 4.10. The van der Waals surface area contributed by atoms with Crippen LogP contribution in [-0.4, -0.2) is 58.1 Å². The van der Waals surface area contributed by atoms with Gasteiger partial charge in [0.25, 0.3) is 11.5 Å². The number of hydrogen-bond acceptors (Lipinski definition) is 6. The van der Waals surface area contributed by atoms with E-state index in [1.807, 2.05) is 41.1 Å². The molecule has 1 aliphatic carbocycles. The first-order chi connectivity index (χ1) is 17.4. The van der Waals surface area contributed by atoms with Crippen molar-refractivity contribution >= 4 is 11.9 Å². The van der Waals surface area contributed by atoms with Gasteiger partial charge in [0.2, 0.25) is 5.95 Å². The normalized spacial score (nSPS) is 20.2. The van der Waals surface area contributed by atoms with Gasteiger partial charge in [-0.2, -0.15) is 0 Å². The second-order valence-electron chi connectivity index (χ2n) is 9.56. The van der Waals surface area contributed by atoms with Gasteiger partial charge in [0, 0.05) is 68.5 Å². The van der Waals surface area contributed by atoms with E-state index < -0.39 is 5.82 Å². The molecule has 1 saturated carbocycles. The molecular weight excluding hydrogens is 461 g/mol. The van der Waals surface area contributed by atoms with Crippen molar-refractivity contribution in [1.29, 1.82) is 0 Å². The van der Waals surface area contributed by atoms with Crippen LogP contribution < -0.4 is 15.2 Å². The number of carbonyl (C=O) groups is 1. The summed E-state index contributed by atoms with van der Waals surface area (Å²) in [5.41, 5.74) is 0.916. The number of carbonyl (C=O) groups excluding carboxylic acids is 1. The van der Waals surface area contributed by atoms with Crippen LogP contribution in [0.2, 0.25) is 0 Å². The van der Waals surface area contributed by atoms with Crippen molar-refractivity contribution < 1.29 is 13.9 Å². The molecule has 0 radical (unpaired) electrons. The van der Waals surface area contributed by atoms with Crippen LogP contribution in [0, 0.1) is 17.7 Å². The van der Waals surface area contributed by atoms with Crippen molar-refractivity contribution in [3.8, 4) is 17.0 Å². The molecule has 36 heavy (non-hydrogen) atoms. The summed E-state index contributed by atoms with van der Waals surface area (Å²) < 4.78 is 21.4. The van der Waals surface area contributed by atoms with Crippen LogP contribution in [0.25, 0.3) is 11.3 Å². The molecule has 2 fully saturated rings. The van der Waals surface area contributed by atoms with E-state index >= 15 is 0 Å². The smallest absolute Gasteiger partial charge is 0.255 e. The highest BCUT2D eigenvalue weighted by Gasteiger charge is 2.59. The number of unbranched alkanes of at least 4 members (excludes halogenated alkanes) is 1. The maximum atomic E-state index is 14.3. The molecule has 1 aliphatic heterocycles. The van der Waals surface area contributed by atoms with Crippen molar-refractivity contribution in [3.63, 3.8) is 0 Å². The van der Waals surface area contributed by atoms with Gasteiger partial charge < -0.3 is 14.5 Å². The highest BCUT2D eigenvalue weighted by molar-refractivity contribution is 5.94. The molecule has 3 atom stereocenters. The molecule has 8 nitrogen and oxygen atoms in total. The summed E-state index contributed by atoms with van der Waals surface area (Å²) in [5, 5.41) is 0. The number of rotatable bonds is 8. The average Bonchev–Trinajstić information content (AvgIpc) is 3.38. The fourth-order valence-corrected chi connectivity index (χ4v) is 5.14. The van der Waals surface area contributed by atoms with Gasteiger partial charge in [-0.25, -0.2) is 9.37 Å². The fraction of sp³-hybridized carbons (Fsp3) is 0.407. The SMILES string of the molecule is CCCCOc1ccc(C(=O)N2C[C@@H]3[C@H](C2)[C@H]3N(C)c2nc(-c3ccncc3F)cc(=O)n2C)cc1. The predicted octanol–water partition coefficient (Wildman–Crippen LogP) is 3.37. The zero-order valence-corrected chi connectivity index (χ0v) is 20.7. The van der Waals surface area contributed by atoms with Gasteiger partial charge in [-0.1, -0.05) is 13.3 Å². The Kier molecular flexibility index (Phi) is 6.47. The second kappa shape index (κ2) is 9.72. The highest BCUT2D eigenvalue weighted by atomic mass is 19.1. The summed E-state index contributed by atoms with van der Waals surface area (Å²) in [5.74, 6) is 1.35. The first-order valence-electron chi connectivity index (χ1n) is 12.3. The Balaban J connectivity index is 1.25. The van der Waals surface area contributed by atoms with Gasteiger partial charge in [0.05, 0.1) is 18.5 Å². The molecule has 3 aromatic rings. The molecule has 2 aliphatic rings. The number of hydrogen-bond donors (Lipinski definition) is 0. The number of nitrogens with zero attached hydrogens (tertiary/aromatic N) is 5. The van der Waals surface area contributed by atoms with E-state index in [0.29, 0.717) is 43.0 Å². The first kappa shape index (κ1) is 24.0. The Morgan fingerprint density at radius 3 is 2.58 bits per heavy atom. The maximum Gasteiger partial charge on any atom is 0.255 e. The molecule has 3 heterocycles. The van der Waals surface area contributed by atoms with Crippen molar-refractivity contribution in [3.05, 3.63) is 70.5 Å². The molecule has 0 N–H and O–H groups in total. The molecule has 1 amide bonds. The van der Waals surface area contributed by atoms with Crippen molar-refractivity contribution in [2.45, 2.75) is 25.8 Å². The summed E-state index contributed by atoms with van der Waals surface area (Å²) >= 11 is 0. The molecular formula is C27H30FN5O3. The van der Waals surface area contributed by atoms with E-state index in [1.165, 1.54) is 22.9 Å². The number of halogens is 1. The number of anilines is 1. The number of piperidine rings is 1. The Labute approximate surface area is 209 Å². The van der Waals surface area contributed by atoms with Crippen molar-refractivity contribution in [2.75, 3.05) is 31.6 Å². The van der Waals surface area contributed by atoms with E-state index in [2.05, 4.69) is 16.9 Å². The third-order valence-corrected chi connectivity index (χ3v) is 7.23. The Bertz CT molecular complexity index is 1310. The predicted molar refractivity (Wildman–Crippen MR) is 135 cm³/mol. The number of pyridine rings is 1. The first-order valence-corrected chi connectivity index (χ1v) is 12.3. The zero-order chi connectivity index (χ0) is 25.4. The lowest BCUT2D eigenvalue weighted by atomic mass is 10.2. The monoisotopic (exact) mass is 491 g/mol. The molecule has 188 valence electrons. The lowest BCUT2D eigenvalue weighted by Gasteiger charge is -2.26. The molecule has 9 heteroatoms. The zero-order valence-electron chi connectivity index (χ0n) is 20.7. The number of benzene rings is 1. The van der Waals surface area contributed by atoms with Gasteiger partial charge >= 0.3 is 0 Å². The molecule has 5 rings (SSSR count). The standard InChI is InChI=1S/C27H30FN5O3/c1-4-5-12-36-18-8-6-17(7-9-18)26(35)33-15-20-21(16-33)25(20)32(3)27-30-23(13-24(34)31(27)2)19-10-11-29-14-22(19)28/h6-11,13-14,20-21,25H,4-5,12,15-16H2,1-3H3/t20-,21+,25+. The number of fused-ring (bicyclic) bond motifs is 1. The summed E-state index contributed by atoms with van der Waals surface area (Å²) in [6, 6.07) is 10.4. The van der Waals surface area contributed by atoms with E-state index in [4.69, 9.17) is 4.74 Å². The van der Waals surface area contributed by atoms with Crippen molar-refractivity contribution in [1.82, 2.24) is 19.4 Å². The third kappa shape index (κ3) is 4.45. The molecule has 1 aromatic carbocycles. The van der Waals surface area contributed by atoms with Crippen LogP contribution in [0.1, 0.15) is 30.1 Å². The molecule has 0 spiro atoms. The minimum Gasteiger partial charge on any atom is -0.494 e. The maximum absolute atomic E-state index is 14.3. The van der Waals surface area contributed by atoms with Crippen LogP contribution in [0.5, 0.6) is 5.75 Å². The summed E-state index contributed by atoms with van der Waals surface area (Å²) in [4.78, 5) is 37.9. The van der Waals surface area contributed by atoms with Gasteiger partial charge in [0.15, 0.2) is 5.82 Å². The number of ether oxygens (including phenoxy) is 1. The quantitative estimate of drug-likeness (QED) is 0.450. The highest BCUT2D eigenvalue weighted by Crippen LogP contribution is 2.49. The van der Waals surface area contributed by atoms with Gasteiger partial charge in [0.1, 0.15) is 5.75 Å². The van der Waals surface area contributed by atoms with Crippen LogP contribution in [0.4, 0.5) is 10.3 Å². The Morgan fingerprint density at radius 1 is 1.19 bits per heavy atom. The van der Waals surface area contributed by atoms with Crippen LogP contribution in [0.15, 0.2) is 53.6 Å². The minimum atomic E-state index is -0.523. The lowest BCUT2D eigenvalue weighted by Crippen LogP contribution is -2.38. The molecule has 1 saturated heterocycles. The van der Waals surface area contributed by atoms with Gasteiger partial charge in [-0.15, -0.1) is 0 Å². The van der Waals surface area contributed by atoms with Crippen LogP contribution in [0.3, 0.4) is 0 Å². The molecule has 0 bridgehead atoms. The third-order valence-electron chi connectivity index (χ3n) is 7.23. The summed E-state index contributed by atoms with van der Waals surface area (Å²) in [7, 11) is 3.57. The van der Waals surface area contributed by atoms with Crippen LogP contribution in [-0.2, 0) is 7.05 Å². The summed E-state index contributed by atoms with van der Waals surface area (Å²) in [6.07, 6.45) is 4.67. The topological polar surface area (TPSA) is 80.6 Å². The van der Waals surface area contributed by atoms with Crippen LogP contribution >= 0.6 is 0 Å². The Hall–Kier alpha value is -3.75. The molecule has 2 aromatic heterocycles. The van der Waals surface area contributed by atoms with E-state index in [1.54, 1.807) is 7.05 Å². The van der Waals surface area contributed by atoms with E-state index in [0.717, 1.165) is 24.8 Å². The molecule has 0 unspecified atom stereocenters. The average molecular weight is 492 g/mol. The number of likely N-dealkylation sites (tertiary alicyclic amines) is 1. The van der Waals surface area contributed by atoms with Crippen molar-refractivity contribution in [2.24, 2.45) is 18.9 Å². The fourth-order valence-electron chi connectivity index (χ4n) is 5.14. The number of aromatic nitrogens is 3. The van der Waals surface area contributed by atoms with E-state index in [9.17, 15) is 14.0 Å². The largest absolute Gasteiger partial charge is 0.494 e. The second-order valence-corrected chi connectivity index (χ2v) is 9.56. The minimum absolute atomic E-state index is 0.0180. The Morgan fingerprint density at radius 2 is 1.92 bits per heavy atom. The van der Waals surface area contributed by atoms with E-state index in [-0.39, 0.29) is 28.8 Å². The van der Waals surface area contributed by atoms with Gasteiger partial charge in [-0.3, -0.25) is 19.1 Å². The number of amides is 1.